The number of β-amino-alcohol motifs (C(OH)–C–C–N with tert-alkyl or cyclic N) is 1. The maximum absolute atomic E-state index is 13.1. The lowest BCUT2D eigenvalue weighted by Gasteiger charge is -2.33. The van der Waals surface area contributed by atoms with E-state index in [-0.39, 0.29) is 18.6 Å². The number of aliphatic hydroxyl groups excluding tert-OH is 1. The number of alkyl halides is 3. The zero-order chi connectivity index (χ0) is 29.3. The summed E-state index contributed by atoms with van der Waals surface area (Å²) in [6, 6.07) is 4.87. The number of piperidine rings is 1. The first-order valence-corrected chi connectivity index (χ1v) is 14.1. The average Bonchev–Trinajstić information content (AvgIpc) is 3.28. The molecule has 13 heteroatoms. The number of amides is 1. The van der Waals surface area contributed by atoms with Crippen LogP contribution in [0.25, 0.3) is 11.3 Å². The minimum Gasteiger partial charge on any atom is -0.487 e. The third-order valence-corrected chi connectivity index (χ3v) is 8.08. The van der Waals surface area contributed by atoms with Crippen LogP contribution in [0.5, 0.6) is 5.75 Å². The van der Waals surface area contributed by atoms with Gasteiger partial charge in [-0.1, -0.05) is 35.3 Å². The predicted octanol–water partition coefficient (Wildman–Crippen LogP) is 5.08. The lowest BCUT2D eigenvalue weighted by molar-refractivity contribution is -0.137. The molecule has 1 fully saturated rings. The van der Waals surface area contributed by atoms with Crippen molar-refractivity contribution in [3.8, 4) is 17.0 Å². The third kappa shape index (κ3) is 6.80. The number of hydrogen-bond donors (Lipinski definition) is 1. The van der Waals surface area contributed by atoms with E-state index in [0.29, 0.717) is 66.2 Å². The van der Waals surface area contributed by atoms with Crippen molar-refractivity contribution in [1.29, 1.82) is 0 Å². The summed E-state index contributed by atoms with van der Waals surface area (Å²) in [5, 5.41) is 16.5. The zero-order valence-electron chi connectivity index (χ0n) is 22.4. The molecule has 1 atom stereocenters. The Morgan fingerprint density at radius 1 is 1.10 bits per heavy atom. The number of hydrogen-bond acceptors (Lipinski definition) is 6. The molecule has 2 aromatic heterocycles. The Morgan fingerprint density at radius 2 is 1.76 bits per heavy atom. The first-order chi connectivity index (χ1) is 19.5. The number of fused-ring (bicyclic) bond motifs is 1. The predicted molar refractivity (Wildman–Crippen MR) is 148 cm³/mol. The number of rotatable bonds is 7. The van der Waals surface area contributed by atoms with E-state index in [2.05, 4.69) is 9.88 Å². The van der Waals surface area contributed by atoms with Gasteiger partial charge in [-0.2, -0.15) is 18.3 Å². The van der Waals surface area contributed by atoms with Gasteiger partial charge in [0.05, 0.1) is 23.9 Å². The molecule has 41 heavy (non-hydrogen) atoms. The Bertz CT molecular complexity index is 1370. The second-order valence-corrected chi connectivity index (χ2v) is 11.2. The van der Waals surface area contributed by atoms with Crippen LogP contribution in [0.2, 0.25) is 10.0 Å². The van der Waals surface area contributed by atoms with E-state index in [4.69, 9.17) is 33.0 Å². The number of aliphatic hydroxyl groups is 1. The van der Waals surface area contributed by atoms with E-state index in [1.807, 2.05) is 0 Å². The molecule has 8 nitrogen and oxygen atoms in total. The maximum Gasteiger partial charge on any atom is 0.416 e. The van der Waals surface area contributed by atoms with Crippen molar-refractivity contribution in [2.45, 2.75) is 57.7 Å². The van der Waals surface area contributed by atoms with Gasteiger partial charge in [0, 0.05) is 75.3 Å². The quantitative estimate of drug-likeness (QED) is 0.401. The van der Waals surface area contributed by atoms with Gasteiger partial charge in [-0.3, -0.25) is 14.5 Å². The molecule has 3 aromatic rings. The van der Waals surface area contributed by atoms with E-state index in [1.54, 1.807) is 9.58 Å². The van der Waals surface area contributed by atoms with Gasteiger partial charge >= 0.3 is 6.18 Å². The second-order valence-electron chi connectivity index (χ2n) is 10.4. The fourth-order valence-electron chi connectivity index (χ4n) is 5.40. The van der Waals surface area contributed by atoms with Gasteiger partial charge < -0.3 is 19.6 Å². The molecule has 1 unspecified atom stereocenters. The largest absolute Gasteiger partial charge is 0.487 e. The van der Waals surface area contributed by atoms with E-state index < -0.39 is 17.8 Å². The lowest BCUT2D eigenvalue weighted by Crippen LogP contribution is -2.43. The van der Waals surface area contributed by atoms with Crippen molar-refractivity contribution >= 4 is 29.1 Å². The van der Waals surface area contributed by atoms with Crippen LogP contribution in [-0.2, 0) is 30.5 Å². The Labute approximate surface area is 245 Å². The standard InChI is InChI=1S/C28H30Cl2F3N5O3/c1-17(39)37-11-8-25-22(16-37)26(18-2-4-19(5-3-18)28(31,32)33)35-38(25)15-20(40)14-36-9-6-21(7-10-36)41-27-23(29)12-34-13-24(27)30/h2-5,12-13,20-21,40H,6-11,14-16H2,1H3. The topological polar surface area (TPSA) is 83.7 Å². The number of pyridine rings is 1. The van der Waals surface area contributed by atoms with Gasteiger partial charge in [-0.05, 0) is 25.0 Å². The van der Waals surface area contributed by atoms with Crippen molar-refractivity contribution in [3.05, 3.63) is 63.5 Å². The number of ether oxygens (including phenoxy) is 1. The fraction of sp³-hybridized carbons (Fsp3) is 0.464. The molecule has 5 rings (SSSR count). The van der Waals surface area contributed by atoms with Crippen LogP contribution in [0, 0.1) is 0 Å². The molecule has 0 aliphatic carbocycles. The lowest BCUT2D eigenvalue weighted by atomic mass is 10.00. The van der Waals surface area contributed by atoms with Crippen molar-refractivity contribution in [1.82, 2.24) is 24.6 Å². The first-order valence-electron chi connectivity index (χ1n) is 13.4. The van der Waals surface area contributed by atoms with Crippen molar-refractivity contribution in [2.75, 3.05) is 26.2 Å². The smallest absolute Gasteiger partial charge is 0.416 e. The summed E-state index contributed by atoms with van der Waals surface area (Å²) in [6.45, 7) is 4.39. The minimum atomic E-state index is -4.44. The molecule has 4 heterocycles. The number of benzene rings is 1. The summed E-state index contributed by atoms with van der Waals surface area (Å²) in [5.41, 5.74) is 2.00. The van der Waals surface area contributed by atoms with E-state index >= 15 is 0 Å². The molecule has 1 amide bonds. The van der Waals surface area contributed by atoms with Gasteiger partial charge in [0.2, 0.25) is 5.91 Å². The van der Waals surface area contributed by atoms with E-state index in [9.17, 15) is 23.1 Å². The normalized spacial score (nSPS) is 17.4. The summed E-state index contributed by atoms with van der Waals surface area (Å²) in [4.78, 5) is 19.9. The number of nitrogens with zero attached hydrogens (tertiary/aromatic N) is 5. The Morgan fingerprint density at radius 3 is 2.37 bits per heavy atom. The van der Waals surface area contributed by atoms with Gasteiger partial charge in [0.15, 0.2) is 5.75 Å². The van der Waals surface area contributed by atoms with Crippen LogP contribution in [-0.4, -0.2) is 74.0 Å². The van der Waals surface area contributed by atoms with Crippen LogP contribution in [0.15, 0.2) is 36.7 Å². The number of aromatic nitrogens is 3. The molecular formula is C28H30Cl2F3N5O3. The fourth-order valence-corrected chi connectivity index (χ4v) is 5.86. The molecule has 1 aromatic carbocycles. The highest BCUT2D eigenvalue weighted by atomic mass is 35.5. The number of halogens is 5. The third-order valence-electron chi connectivity index (χ3n) is 7.55. The first kappa shape index (κ1) is 29.6. The molecule has 0 spiro atoms. The molecule has 0 radical (unpaired) electrons. The van der Waals surface area contributed by atoms with E-state index in [1.165, 1.54) is 31.5 Å². The summed E-state index contributed by atoms with van der Waals surface area (Å²) < 4.78 is 47.1. The molecular weight excluding hydrogens is 582 g/mol. The van der Waals surface area contributed by atoms with Crippen LogP contribution in [0.4, 0.5) is 13.2 Å². The molecule has 220 valence electrons. The number of likely N-dealkylation sites (tertiary alicyclic amines) is 1. The Kier molecular flexibility index (Phi) is 8.79. The van der Waals surface area contributed by atoms with Crippen LogP contribution in [0.1, 0.15) is 36.6 Å². The summed E-state index contributed by atoms with van der Waals surface area (Å²) >= 11 is 12.3. The van der Waals surface area contributed by atoms with Gasteiger partial charge in [0.1, 0.15) is 16.1 Å². The minimum absolute atomic E-state index is 0.0607. The molecule has 1 N–H and O–H groups in total. The Balaban J connectivity index is 1.26. The van der Waals surface area contributed by atoms with Gasteiger partial charge in [-0.25, -0.2) is 0 Å². The summed E-state index contributed by atoms with van der Waals surface area (Å²) in [5.74, 6) is 0.347. The molecule has 0 saturated carbocycles. The molecule has 2 aliphatic heterocycles. The average molecular weight is 612 g/mol. The number of carbonyl (C=O) groups is 1. The van der Waals surface area contributed by atoms with Crippen molar-refractivity contribution < 1.29 is 27.8 Å². The number of carbonyl (C=O) groups excluding carboxylic acids is 1. The second kappa shape index (κ2) is 12.2. The molecule has 1 saturated heterocycles. The zero-order valence-corrected chi connectivity index (χ0v) is 23.9. The SMILES string of the molecule is CC(=O)N1CCc2c(c(-c3ccc(C(F)(F)F)cc3)nn2CC(O)CN2CCC(Oc3c(Cl)cncc3Cl)CC2)C1. The van der Waals surface area contributed by atoms with Crippen molar-refractivity contribution in [2.24, 2.45) is 0 Å². The highest BCUT2D eigenvalue weighted by Crippen LogP contribution is 2.35. The van der Waals surface area contributed by atoms with Crippen molar-refractivity contribution in [3.63, 3.8) is 0 Å². The van der Waals surface area contributed by atoms with Gasteiger partial charge in [-0.15, -0.1) is 0 Å². The summed E-state index contributed by atoms with van der Waals surface area (Å²) in [6.07, 6.45) is -0.243. The van der Waals surface area contributed by atoms with Gasteiger partial charge in [0.25, 0.3) is 0 Å². The monoisotopic (exact) mass is 611 g/mol. The molecule has 0 bridgehead atoms. The molecule has 2 aliphatic rings. The Hall–Kier alpha value is -2.86. The van der Waals surface area contributed by atoms with Crippen LogP contribution in [0.3, 0.4) is 0 Å². The summed E-state index contributed by atoms with van der Waals surface area (Å²) in [7, 11) is 0. The highest BCUT2D eigenvalue weighted by Gasteiger charge is 2.32. The highest BCUT2D eigenvalue weighted by molar-refractivity contribution is 6.36. The maximum atomic E-state index is 13.1. The van der Waals surface area contributed by atoms with E-state index in [0.717, 1.165) is 36.2 Å². The van der Waals surface area contributed by atoms with Crippen LogP contribution >= 0.6 is 23.2 Å². The van der Waals surface area contributed by atoms with Crippen LogP contribution < -0.4 is 4.74 Å².